The fourth-order valence-electron chi connectivity index (χ4n) is 3.54. The topological polar surface area (TPSA) is 0 Å². The predicted octanol–water partition coefficient (Wildman–Crippen LogP) is 11.1. The fourth-order valence-corrected chi connectivity index (χ4v) is 4.66. The van der Waals surface area contributed by atoms with Crippen LogP contribution in [-0.2, 0) is 5.67 Å². The first-order chi connectivity index (χ1) is 19.3. The van der Waals surface area contributed by atoms with E-state index < -0.39 is 79.3 Å². The molecule has 0 aliphatic heterocycles. The summed E-state index contributed by atoms with van der Waals surface area (Å²) in [6.45, 7) is 0. The zero-order chi connectivity index (χ0) is 35.0. The molecule has 0 aliphatic carbocycles. The molecule has 0 aromatic heterocycles. The van der Waals surface area contributed by atoms with Crippen LogP contribution in [0.25, 0.3) is 0 Å². The van der Waals surface area contributed by atoms with Crippen molar-refractivity contribution < 1.29 is 87.8 Å². The third-order valence-corrected chi connectivity index (χ3v) is 7.42. The van der Waals surface area contributed by atoms with Crippen LogP contribution in [0.15, 0.2) is 57.5 Å². The van der Waals surface area contributed by atoms with Gasteiger partial charge in [0.15, 0.2) is 0 Å². The van der Waals surface area contributed by atoms with Crippen molar-refractivity contribution in [1.29, 1.82) is 0 Å². The maximum atomic E-state index is 16.4. The van der Waals surface area contributed by atoms with E-state index in [9.17, 15) is 74.6 Å². The first kappa shape index (κ1) is 38.2. The van der Waals surface area contributed by atoms with Crippen molar-refractivity contribution in [2.24, 2.45) is 0 Å². The highest BCUT2D eigenvalue weighted by Gasteiger charge is 2.97. The van der Waals surface area contributed by atoms with Gasteiger partial charge in [-0.05, 0) is 12.1 Å². The summed E-state index contributed by atoms with van der Waals surface area (Å²) >= 11 is 4.77. The number of benzene rings is 2. The van der Waals surface area contributed by atoms with Crippen molar-refractivity contribution >= 4 is 31.9 Å². The maximum Gasteiger partial charge on any atom is 0.460 e. The standard InChI is InChI=1S/C22H8Br2F20/c23-11-7-3-1-5-9(11)13(25,10-6-2-4-8-12(10)24)14(26,27)15(28,29)16(30,31)17(32,33)18(34,35)19(36,37)20(38,39)21(40,41)22(42,43)44/h1-8H. The van der Waals surface area contributed by atoms with Crippen molar-refractivity contribution in [2.75, 3.05) is 0 Å². The summed E-state index contributed by atoms with van der Waals surface area (Å²) in [4.78, 5) is 0. The number of alkyl halides is 20. The van der Waals surface area contributed by atoms with Gasteiger partial charge in [-0.15, -0.1) is 0 Å². The second-order valence-electron chi connectivity index (χ2n) is 8.71. The van der Waals surface area contributed by atoms with E-state index in [1.54, 1.807) is 0 Å². The minimum absolute atomic E-state index is 0.145. The van der Waals surface area contributed by atoms with E-state index in [2.05, 4.69) is 31.9 Å². The van der Waals surface area contributed by atoms with E-state index in [1.807, 2.05) is 0 Å². The molecule has 0 aliphatic rings. The quantitative estimate of drug-likeness (QED) is 0.210. The summed E-state index contributed by atoms with van der Waals surface area (Å²) in [5, 5.41) is 0. The van der Waals surface area contributed by atoms with E-state index in [0.29, 0.717) is 24.3 Å². The minimum Gasteiger partial charge on any atom is -0.226 e. The Hall–Kier alpha value is -2.00. The molecule has 0 bridgehead atoms. The summed E-state index contributed by atoms with van der Waals surface area (Å²) < 4.78 is 278. The number of rotatable bonds is 10. The highest BCUT2D eigenvalue weighted by molar-refractivity contribution is 9.10. The lowest BCUT2D eigenvalue weighted by Gasteiger charge is -2.46. The Balaban J connectivity index is 2.93. The number of hydrogen-bond acceptors (Lipinski definition) is 0. The van der Waals surface area contributed by atoms with Crippen LogP contribution in [0.3, 0.4) is 0 Å². The molecule has 0 unspecified atom stereocenters. The van der Waals surface area contributed by atoms with Gasteiger partial charge in [0, 0.05) is 20.1 Å². The van der Waals surface area contributed by atoms with Crippen molar-refractivity contribution in [3.8, 4) is 0 Å². The van der Waals surface area contributed by atoms with E-state index >= 15 is 13.2 Å². The lowest BCUT2D eigenvalue weighted by Crippen LogP contribution is -2.76. The smallest absolute Gasteiger partial charge is 0.226 e. The van der Waals surface area contributed by atoms with Gasteiger partial charge in [0.2, 0.25) is 5.67 Å². The van der Waals surface area contributed by atoms with Crippen LogP contribution in [-0.4, -0.2) is 53.6 Å². The van der Waals surface area contributed by atoms with E-state index in [1.165, 1.54) is 0 Å². The molecule has 22 heteroatoms. The molecule has 0 amide bonds. The molecule has 0 saturated heterocycles. The summed E-state index contributed by atoms with van der Waals surface area (Å²) in [7, 11) is 0. The molecule has 250 valence electrons. The van der Waals surface area contributed by atoms with Crippen LogP contribution in [0.2, 0.25) is 0 Å². The molecule has 2 rings (SSSR count). The Kier molecular flexibility index (Phi) is 9.36. The lowest BCUT2D eigenvalue weighted by molar-refractivity contribution is -0.471. The van der Waals surface area contributed by atoms with Crippen LogP contribution >= 0.6 is 31.9 Å². The van der Waals surface area contributed by atoms with Gasteiger partial charge in [0.1, 0.15) is 0 Å². The normalized spacial score (nSPS) is 15.5. The molecule has 2 aromatic carbocycles. The molecule has 2 aromatic rings. The highest BCUT2D eigenvalue weighted by Crippen LogP contribution is 2.67. The van der Waals surface area contributed by atoms with E-state index in [-0.39, 0.29) is 12.1 Å². The average molecular weight is 812 g/mol. The Morgan fingerprint density at radius 3 is 0.795 bits per heavy atom. The molecule has 0 N–H and O–H groups in total. The molecule has 0 atom stereocenters. The Morgan fingerprint density at radius 2 is 0.545 bits per heavy atom. The SMILES string of the molecule is FC(F)(F)C(F)(F)C(F)(F)C(F)(F)C(F)(F)C(F)(F)C(F)(F)C(F)(F)C(F)(F)C(F)(c1ccccc1Br)c1ccccc1Br. The zero-order valence-electron chi connectivity index (χ0n) is 19.9. The Bertz CT molecular complexity index is 1320. The second kappa shape index (κ2) is 10.8. The predicted molar refractivity (Wildman–Crippen MR) is 116 cm³/mol. The van der Waals surface area contributed by atoms with Gasteiger partial charge in [0.25, 0.3) is 0 Å². The lowest BCUT2D eigenvalue weighted by atomic mass is 9.76. The average Bonchev–Trinajstić information content (AvgIpc) is 2.87. The molecule has 0 fully saturated rings. The van der Waals surface area contributed by atoms with Gasteiger partial charge in [-0.1, -0.05) is 68.3 Å². The van der Waals surface area contributed by atoms with Crippen molar-refractivity contribution in [1.82, 2.24) is 0 Å². The van der Waals surface area contributed by atoms with Crippen LogP contribution in [0.1, 0.15) is 11.1 Å². The number of hydrogen-bond donors (Lipinski definition) is 0. The fraction of sp³-hybridized carbons (Fsp3) is 0.455. The van der Waals surface area contributed by atoms with Crippen LogP contribution in [0.4, 0.5) is 87.8 Å². The maximum absolute atomic E-state index is 16.4. The van der Waals surface area contributed by atoms with E-state index in [4.69, 9.17) is 0 Å². The molecule has 0 heterocycles. The minimum atomic E-state index is -9.11. The molecular weight excluding hydrogens is 804 g/mol. The number of halogens is 22. The summed E-state index contributed by atoms with van der Waals surface area (Å²) in [5.74, 6) is -69.2. The molecular formula is C22H8Br2F20. The van der Waals surface area contributed by atoms with Gasteiger partial charge < -0.3 is 0 Å². The summed E-state index contributed by atoms with van der Waals surface area (Å²) in [6.07, 6.45) is -7.98. The zero-order valence-corrected chi connectivity index (χ0v) is 23.1. The van der Waals surface area contributed by atoms with Gasteiger partial charge in [0.05, 0.1) is 0 Å². The largest absolute Gasteiger partial charge is 0.460 e. The van der Waals surface area contributed by atoms with Gasteiger partial charge in [-0.25, -0.2) is 4.39 Å². The van der Waals surface area contributed by atoms with Crippen molar-refractivity contribution in [3.63, 3.8) is 0 Å². The first-order valence-corrected chi connectivity index (χ1v) is 12.1. The van der Waals surface area contributed by atoms with Crippen LogP contribution < -0.4 is 0 Å². The van der Waals surface area contributed by atoms with Crippen LogP contribution in [0.5, 0.6) is 0 Å². The van der Waals surface area contributed by atoms with Crippen molar-refractivity contribution in [2.45, 2.75) is 59.2 Å². The highest BCUT2D eigenvalue weighted by atomic mass is 79.9. The Morgan fingerprint density at radius 1 is 0.318 bits per heavy atom. The second-order valence-corrected chi connectivity index (χ2v) is 10.4. The molecule has 0 saturated carbocycles. The van der Waals surface area contributed by atoms with Gasteiger partial charge in [-0.2, -0.15) is 83.4 Å². The third kappa shape index (κ3) is 4.76. The molecule has 0 radical (unpaired) electrons. The van der Waals surface area contributed by atoms with Gasteiger partial charge >= 0.3 is 53.6 Å². The molecule has 44 heavy (non-hydrogen) atoms. The third-order valence-electron chi connectivity index (χ3n) is 6.04. The molecule has 0 spiro atoms. The Labute approximate surface area is 247 Å². The van der Waals surface area contributed by atoms with Crippen LogP contribution in [0, 0.1) is 0 Å². The first-order valence-electron chi connectivity index (χ1n) is 10.6. The monoisotopic (exact) mass is 810 g/mol. The summed E-state index contributed by atoms with van der Waals surface area (Å²) in [5.41, 5.74) is -9.21. The summed E-state index contributed by atoms with van der Waals surface area (Å²) in [6, 6.07) is 4.34. The molecule has 0 nitrogen and oxygen atoms in total. The van der Waals surface area contributed by atoms with E-state index in [0.717, 1.165) is 12.1 Å². The van der Waals surface area contributed by atoms with Gasteiger partial charge in [-0.3, -0.25) is 0 Å². The van der Waals surface area contributed by atoms with Crippen molar-refractivity contribution in [3.05, 3.63) is 68.6 Å².